The highest BCUT2D eigenvalue weighted by molar-refractivity contribution is 5.82. The third-order valence-electron chi connectivity index (χ3n) is 5.07. The summed E-state index contributed by atoms with van der Waals surface area (Å²) in [6.45, 7) is 3.91. The third-order valence-corrected chi connectivity index (χ3v) is 5.07. The minimum Gasteiger partial charge on any atom is -0.273 e. The second-order valence-electron chi connectivity index (χ2n) is 6.82. The first kappa shape index (κ1) is 15.1. The summed E-state index contributed by atoms with van der Waals surface area (Å²) < 4.78 is 1.63. The van der Waals surface area contributed by atoms with Crippen molar-refractivity contribution in [2.75, 3.05) is 0 Å². The van der Waals surface area contributed by atoms with Crippen molar-refractivity contribution in [2.45, 2.75) is 52.5 Å². The number of carbonyl (C=O) groups excluding carboxylic acids is 2. The van der Waals surface area contributed by atoms with Crippen molar-refractivity contribution in [1.29, 1.82) is 0 Å². The predicted octanol–water partition coefficient (Wildman–Crippen LogP) is 1.47. The van der Waals surface area contributed by atoms with Gasteiger partial charge in [0.05, 0.1) is 5.69 Å². The number of carbonyl (C=O) groups is 2. The van der Waals surface area contributed by atoms with Crippen molar-refractivity contribution in [1.82, 2.24) is 20.6 Å². The van der Waals surface area contributed by atoms with Gasteiger partial charge < -0.3 is 0 Å². The Morgan fingerprint density at radius 3 is 2.59 bits per heavy atom. The second-order valence-corrected chi connectivity index (χ2v) is 6.82. The molecule has 3 unspecified atom stereocenters. The molecular formula is C16H24N4O2. The number of fused-ring (bicyclic) bond motifs is 2. The van der Waals surface area contributed by atoms with Crippen LogP contribution in [0.2, 0.25) is 0 Å². The number of rotatable bonds is 4. The zero-order valence-corrected chi connectivity index (χ0v) is 13.3. The molecule has 2 aliphatic rings. The Hall–Kier alpha value is -1.85. The number of aromatic nitrogens is 2. The summed E-state index contributed by atoms with van der Waals surface area (Å²) in [5.41, 5.74) is 6.83. The molecule has 1 aromatic rings. The summed E-state index contributed by atoms with van der Waals surface area (Å²) in [4.78, 5) is 23.8. The average molecular weight is 304 g/mol. The van der Waals surface area contributed by atoms with E-state index >= 15 is 0 Å². The molecule has 120 valence electrons. The molecule has 22 heavy (non-hydrogen) atoms. The molecule has 0 saturated heterocycles. The van der Waals surface area contributed by atoms with E-state index in [-0.39, 0.29) is 18.4 Å². The second kappa shape index (κ2) is 6.10. The fourth-order valence-corrected chi connectivity index (χ4v) is 4.07. The zero-order valence-electron chi connectivity index (χ0n) is 13.3. The van der Waals surface area contributed by atoms with Crippen molar-refractivity contribution in [3.8, 4) is 0 Å². The fourth-order valence-electron chi connectivity index (χ4n) is 4.07. The number of hydrogen-bond donors (Lipinski definition) is 2. The first-order valence-electron chi connectivity index (χ1n) is 8.10. The molecule has 1 heterocycles. The highest BCUT2D eigenvalue weighted by Gasteiger charge is 2.40. The van der Waals surface area contributed by atoms with Crippen LogP contribution in [-0.4, -0.2) is 21.6 Å². The zero-order chi connectivity index (χ0) is 15.7. The van der Waals surface area contributed by atoms with E-state index in [9.17, 15) is 9.59 Å². The molecule has 0 aliphatic heterocycles. The van der Waals surface area contributed by atoms with Gasteiger partial charge in [0, 0.05) is 12.1 Å². The quantitative estimate of drug-likeness (QED) is 0.827. The first-order valence-corrected chi connectivity index (χ1v) is 8.10. The van der Waals surface area contributed by atoms with E-state index in [1.54, 1.807) is 4.68 Å². The molecule has 6 nitrogen and oxygen atoms in total. The summed E-state index contributed by atoms with van der Waals surface area (Å²) in [5, 5.41) is 4.23. The smallest absolute Gasteiger partial charge is 0.260 e. The molecule has 2 aliphatic carbocycles. The lowest BCUT2D eigenvalue weighted by Crippen LogP contribution is -2.44. The molecule has 0 aromatic carbocycles. The molecule has 3 rings (SSSR count). The Kier molecular flexibility index (Phi) is 4.18. The van der Waals surface area contributed by atoms with Gasteiger partial charge in [0.15, 0.2) is 0 Å². The molecule has 2 amide bonds. The first-order chi connectivity index (χ1) is 10.5. The third kappa shape index (κ3) is 3.31. The van der Waals surface area contributed by atoms with Crippen LogP contribution in [0.1, 0.15) is 43.5 Å². The normalized spacial score (nSPS) is 26.2. The molecule has 3 atom stereocenters. The van der Waals surface area contributed by atoms with Gasteiger partial charge in [-0.25, -0.2) is 0 Å². The van der Waals surface area contributed by atoms with Crippen LogP contribution in [0.5, 0.6) is 0 Å². The monoisotopic (exact) mass is 304 g/mol. The largest absolute Gasteiger partial charge is 0.273 e. The summed E-state index contributed by atoms with van der Waals surface area (Å²) in [7, 11) is 0. The van der Waals surface area contributed by atoms with Gasteiger partial charge in [-0.15, -0.1) is 0 Å². The van der Waals surface area contributed by atoms with Crippen LogP contribution in [0.4, 0.5) is 0 Å². The van der Waals surface area contributed by atoms with Gasteiger partial charge >= 0.3 is 0 Å². The maximum absolute atomic E-state index is 12.0. The molecule has 2 fully saturated rings. The van der Waals surface area contributed by atoms with Crippen molar-refractivity contribution < 1.29 is 9.59 Å². The van der Waals surface area contributed by atoms with Gasteiger partial charge in [0.1, 0.15) is 6.54 Å². The van der Waals surface area contributed by atoms with Crippen LogP contribution in [-0.2, 0) is 16.1 Å². The topological polar surface area (TPSA) is 76.0 Å². The van der Waals surface area contributed by atoms with Crippen molar-refractivity contribution in [3.63, 3.8) is 0 Å². The summed E-state index contributed by atoms with van der Waals surface area (Å²) in [5.74, 6) is 1.72. The molecule has 2 saturated carbocycles. The number of hydrazine groups is 1. The van der Waals surface area contributed by atoms with Gasteiger partial charge in [-0.2, -0.15) is 5.10 Å². The van der Waals surface area contributed by atoms with Crippen LogP contribution in [0.25, 0.3) is 0 Å². The standard InChI is InChI=1S/C16H24N4O2/c1-10-5-11(2)20(19-10)9-16(22)18-17-15(21)8-14-7-12-3-4-13(14)6-12/h5,12-14H,3-4,6-9H2,1-2H3,(H,17,21)(H,18,22). The Morgan fingerprint density at radius 1 is 1.23 bits per heavy atom. The minimum atomic E-state index is -0.257. The van der Waals surface area contributed by atoms with Gasteiger partial charge in [-0.1, -0.05) is 6.42 Å². The summed E-state index contributed by atoms with van der Waals surface area (Å²) >= 11 is 0. The van der Waals surface area contributed by atoms with Gasteiger partial charge in [0.25, 0.3) is 5.91 Å². The lowest BCUT2D eigenvalue weighted by atomic mass is 9.86. The van der Waals surface area contributed by atoms with Gasteiger partial charge in [-0.3, -0.25) is 25.1 Å². The van der Waals surface area contributed by atoms with E-state index in [2.05, 4.69) is 16.0 Å². The van der Waals surface area contributed by atoms with Crippen LogP contribution in [0.3, 0.4) is 0 Å². The van der Waals surface area contributed by atoms with Gasteiger partial charge in [-0.05, 0) is 56.9 Å². The molecule has 0 radical (unpaired) electrons. The van der Waals surface area contributed by atoms with Gasteiger partial charge in [0.2, 0.25) is 5.91 Å². The van der Waals surface area contributed by atoms with E-state index in [4.69, 9.17) is 0 Å². The number of nitrogens with zero attached hydrogens (tertiary/aromatic N) is 2. The van der Waals surface area contributed by atoms with Crippen LogP contribution < -0.4 is 10.9 Å². The Labute approximate surface area is 130 Å². The molecule has 2 N–H and O–H groups in total. The number of aryl methyl sites for hydroxylation is 2. The number of amides is 2. The number of hydrogen-bond acceptors (Lipinski definition) is 3. The molecule has 0 spiro atoms. The number of nitrogens with one attached hydrogen (secondary N) is 2. The molecule has 6 heteroatoms. The Balaban J connectivity index is 1.41. The molecular weight excluding hydrogens is 280 g/mol. The Morgan fingerprint density at radius 2 is 2.00 bits per heavy atom. The highest BCUT2D eigenvalue weighted by Crippen LogP contribution is 2.49. The van der Waals surface area contributed by atoms with Crippen molar-refractivity contribution in [2.24, 2.45) is 17.8 Å². The molecule has 1 aromatic heterocycles. The highest BCUT2D eigenvalue weighted by atomic mass is 16.2. The maximum Gasteiger partial charge on any atom is 0.260 e. The van der Waals surface area contributed by atoms with Crippen LogP contribution in [0, 0.1) is 31.6 Å². The van der Waals surface area contributed by atoms with Crippen LogP contribution >= 0.6 is 0 Å². The predicted molar refractivity (Wildman–Crippen MR) is 81.5 cm³/mol. The summed E-state index contributed by atoms with van der Waals surface area (Å²) in [6, 6.07) is 1.92. The average Bonchev–Trinajstić information content (AvgIpc) is 3.13. The minimum absolute atomic E-state index is 0.0840. The lowest BCUT2D eigenvalue weighted by Gasteiger charge is -2.20. The lowest BCUT2D eigenvalue weighted by molar-refractivity contribution is -0.130. The van der Waals surface area contributed by atoms with Crippen LogP contribution in [0.15, 0.2) is 6.07 Å². The SMILES string of the molecule is Cc1cc(C)n(CC(=O)NNC(=O)CC2CC3CCC2C3)n1. The molecule has 2 bridgehead atoms. The van der Waals surface area contributed by atoms with Crippen molar-refractivity contribution in [3.05, 3.63) is 17.5 Å². The van der Waals surface area contributed by atoms with E-state index in [1.165, 1.54) is 25.7 Å². The van der Waals surface area contributed by atoms with E-state index in [0.29, 0.717) is 12.3 Å². The summed E-state index contributed by atoms with van der Waals surface area (Å²) in [6.07, 6.45) is 5.61. The van der Waals surface area contributed by atoms with E-state index in [1.807, 2.05) is 19.9 Å². The Bertz CT molecular complexity index is 581. The van der Waals surface area contributed by atoms with E-state index < -0.39 is 0 Å². The van der Waals surface area contributed by atoms with Crippen molar-refractivity contribution >= 4 is 11.8 Å². The fraction of sp³-hybridized carbons (Fsp3) is 0.688. The maximum atomic E-state index is 12.0. The van der Waals surface area contributed by atoms with E-state index in [0.717, 1.165) is 23.2 Å².